The highest BCUT2D eigenvalue weighted by Gasteiger charge is 2.31. The summed E-state index contributed by atoms with van der Waals surface area (Å²) < 4.78 is 44.5. The highest BCUT2D eigenvalue weighted by atomic mass is 19.4. The molecule has 0 radical (unpaired) electrons. The second-order valence-corrected chi connectivity index (χ2v) is 2.98. The minimum absolute atomic E-state index is 0.00616. The van der Waals surface area contributed by atoms with Gasteiger partial charge < -0.3 is 14.6 Å². The number of carbonyl (C=O) groups is 1. The Morgan fingerprint density at radius 2 is 1.88 bits per heavy atom. The predicted molar refractivity (Wildman–Crippen MR) is 51.3 cm³/mol. The van der Waals surface area contributed by atoms with E-state index in [0.717, 1.165) is 18.2 Å². The molecule has 17 heavy (non-hydrogen) atoms. The van der Waals surface area contributed by atoms with Crippen LogP contribution in [-0.4, -0.2) is 24.0 Å². The van der Waals surface area contributed by atoms with E-state index in [2.05, 4.69) is 4.74 Å². The Morgan fingerprint density at radius 1 is 1.29 bits per heavy atom. The van der Waals surface area contributed by atoms with E-state index < -0.39 is 18.1 Å². The minimum atomic E-state index is -4.87. The lowest BCUT2D eigenvalue weighted by atomic mass is 10.2. The molecule has 0 aliphatic carbocycles. The van der Waals surface area contributed by atoms with Gasteiger partial charge in [0.2, 0.25) is 0 Å². The van der Waals surface area contributed by atoms with E-state index in [9.17, 15) is 18.0 Å². The summed E-state index contributed by atoms with van der Waals surface area (Å²) in [6.07, 6.45) is -4.87. The summed E-state index contributed by atoms with van der Waals surface area (Å²) in [5.41, 5.74) is -0.338. The molecule has 4 nitrogen and oxygen atoms in total. The Balaban J connectivity index is 3.07. The zero-order valence-corrected chi connectivity index (χ0v) is 8.75. The van der Waals surface area contributed by atoms with Gasteiger partial charge in [0, 0.05) is 6.07 Å². The van der Waals surface area contributed by atoms with Gasteiger partial charge >= 0.3 is 12.3 Å². The van der Waals surface area contributed by atoms with Crippen LogP contribution >= 0.6 is 0 Å². The SMILES string of the molecule is CCOc1cc(OC(F)(F)F)cc(C(=O)O)c1. The van der Waals surface area contributed by atoms with Gasteiger partial charge in [-0.05, 0) is 19.1 Å². The highest BCUT2D eigenvalue weighted by molar-refractivity contribution is 5.88. The minimum Gasteiger partial charge on any atom is -0.494 e. The average molecular weight is 250 g/mol. The van der Waals surface area contributed by atoms with Crippen LogP contribution in [0.5, 0.6) is 11.5 Å². The fourth-order valence-corrected chi connectivity index (χ4v) is 1.14. The summed E-state index contributed by atoms with van der Waals surface area (Å²) in [7, 11) is 0. The number of rotatable bonds is 4. The molecule has 0 spiro atoms. The Labute approximate surface area is 94.6 Å². The van der Waals surface area contributed by atoms with Gasteiger partial charge in [0.1, 0.15) is 11.5 Å². The standard InChI is InChI=1S/C10H9F3O4/c1-2-16-7-3-6(9(14)15)4-8(5-7)17-10(11,12)13/h3-5H,2H2,1H3,(H,14,15). The summed E-state index contributed by atoms with van der Waals surface area (Å²) in [6, 6.07) is 2.87. The third-order valence-corrected chi connectivity index (χ3v) is 1.67. The second-order valence-electron chi connectivity index (χ2n) is 2.98. The number of aromatic carboxylic acids is 1. The molecule has 0 aliphatic rings. The average Bonchev–Trinajstić information content (AvgIpc) is 2.14. The molecular formula is C10H9F3O4. The Morgan fingerprint density at radius 3 is 2.35 bits per heavy atom. The summed E-state index contributed by atoms with van der Waals surface area (Å²) in [4.78, 5) is 10.7. The van der Waals surface area contributed by atoms with Gasteiger partial charge in [-0.15, -0.1) is 13.2 Å². The lowest BCUT2D eigenvalue weighted by Gasteiger charge is -2.11. The molecule has 0 atom stereocenters. The third kappa shape index (κ3) is 4.21. The molecule has 0 aromatic heterocycles. The van der Waals surface area contributed by atoms with E-state index >= 15 is 0 Å². The van der Waals surface area contributed by atoms with E-state index in [1.54, 1.807) is 6.92 Å². The highest BCUT2D eigenvalue weighted by Crippen LogP contribution is 2.28. The Bertz CT molecular complexity index is 415. The van der Waals surface area contributed by atoms with Crippen molar-refractivity contribution < 1.29 is 32.5 Å². The second kappa shape index (κ2) is 4.94. The fourth-order valence-electron chi connectivity index (χ4n) is 1.14. The van der Waals surface area contributed by atoms with Gasteiger partial charge in [0.25, 0.3) is 0 Å². The van der Waals surface area contributed by atoms with Gasteiger partial charge in [-0.3, -0.25) is 0 Å². The monoisotopic (exact) mass is 250 g/mol. The van der Waals surface area contributed by atoms with E-state index in [1.165, 1.54) is 0 Å². The Kier molecular flexibility index (Phi) is 3.82. The van der Waals surface area contributed by atoms with Crippen molar-refractivity contribution in [2.24, 2.45) is 0 Å². The fraction of sp³-hybridized carbons (Fsp3) is 0.300. The van der Waals surface area contributed by atoms with Crippen LogP contribution in [0.4, 0.5) is 13.2 Å². The maximum absolute atomic E-state index is 12.0. The van der Waals surface area contributed by atoms with Gasteiger partial charge in [0.15, 0.2) is 0 Å². The van der Waals surface area contributed by atoms with Gasteiger partial charge in [-0.25, -0.2) is 4.79 Å². The van der Waals surface area contributed by atoms with Crippen molar-refractivity contribution in [2.45, 2.75) is 13.3 Å². The maximum Gasteiger partial charge on any atom is 0.573 e. The van der Waals surface area contributed by atoms with Crippen molar-refractivity contribution in [3.63, 3.8) is 0 Å². The first kappa shape index (κ1) is 13.1. The molecule has 1 aromatic carbocycles. The molecule has 0 unspecified atom stereocenters. The number of ether oxygens (including phenoxy) is 2. The molecule has 0 heterocycles. The smallest absolute Gasteiger partial charge is 0.494 e. The number of benzene rings is 1. The van der Waals surface area contributed by atoms with Gasteiger partial charge in [0.05, 0.1) is 12.2 Å². The molecule has 1 rings (SSSR count). The van der Waals surface area contributed by atoms with Gasteiger partial charge in [-0.1, -0.05) is 0 Å². The third-order valence-electron chi connectivity index (χ3n) is 1.67. The molecule has 0 saturated heterocycles. The van der Waals surface area contributed by atoms with Crippen molar-refractivity contribution in [3.05, 3.63) is 23.8 Å². The number of carboxylic acids is 1. The Hall–Kier alpha value is -1.92. The summed E-state index contributed by atoms with van der Waals surface area (Å²) in [5, 5.41) is 8.71. The van der Waals surface area contributed by atoms with Crippen LogP contribution in [0.2, 0.25) is 0 Å². The van der Waals surface area contributed by atoms with Crippen molar-refractivity contribution in [3.8, 4) is 11.5 Å². The maximum atomic E-state index is 12.0. The molecule has 1 aromatic rings. The van der Waals surface area contributed by atoms with Crippen LogP contribution in [0, 0.1) is 0 Å². The first-order valence-electron chi connectivity index (χ1n) is 4.58. The molecule has 94 valence electrons. The normalized spacial score (nSPS) is 11.1. The van der Waals surface area contributed by atoms with Crippen LogP contribution in [0.1, 0.15) is 17.3 Å². The predicted octanol–water partition coefficient (Wildman–Crippen LogP) is 2.68. The van der Waals surface area contributed by atoms with Crippen LogP contribution in [0.3, 0.4) is 0 Å². The van der Waals surface area contributed by atoms with Crippen LogP contribution in [-0.2, 0) is 0 Å². The molecule has 0 aliphatic heterocycles. The van der Waals surface area contributed by atoms with E-state index in [0.29, 0.717) is 0 Å². The van der Waals surface area contributed by atoms with Gasteiger partial charge in [-0.2, -0.15) is 0 Å². The van der Waals surface area contributed by atoms with E-state index in [1.807, 2.05) is 0 Å². The summed E-state index contributed by atoms with van der Waals surface area (Å²) in [5.74, 6) is -1.98. The van der Waals surface area contributed by atoms with Crippen molar-refractivity contribution in [1.82, 2.24) is 0 Å². The number of hydrogen-bond donors (Lipinski definition) is 1. The number of hydrogen-bond acceptors (Lipinski definition) is 3. The summed E-state index contributed by atoms with van der Waals surface area (Å²) in [6.45, 7) is 1.83. The van der Waals surface area contributed by atoms with E-state index in [4.69, 9.17) is 9.84 Å². The van der Waals surface area contributed by atoms with Crippen molar-refractivity contribution in [1.29, 1.82) is 0 Å². The van der Waals surface area contributed by atoms with E-state index in [-0.39, 0.29) is 17.9 Å². The zero-order chi connectivity index (χ0) is 13.1. The zero-order valence-electron chi connectivity index (χ0n) is 8.75. The van der Waals surface area contributed by atoms with Crippen molar-refractivity contribution in [2.75, 3.05) is 6.61 Å². The number of carboxylic acid groups (broad SMARTS) is 1. The first-order chi connectivity index (χ1) is 7.81. The molecule has 0 fully saturated rings. The topological polar surface area (TPSA) is 55.8 Å². The molecular weight excluding hydrogens is 241 g/mol. The lowest BCUT2D eigenvalue weighted by Crippen LogP contribution is -2.17. The molecule has 1 N–H and O–H groups in total. The van der Waals surface area contributed by atoms with Crippen LogP contribution in [0.15, 0.2) is 18.2 Å². The quantitative estimate of drug-likeness (QED) is 0.892. The number of halogens is 3. The first-order valence-corrected chi connectivity index (χ1v) is 4.58. The number of alkyl halides is 3. The van der Waals surface area contributed by atoms with Crippen molar-refractivity contribution >= 4 is 5.97 Å². The summed E-state index contributed by atoms with van der Waals surface area (Å²) >= 11 is 0. The van der Waals surface area contributed by atoms with Crippen LogP contribution in [0.25, 0.3) is 0 Å². The molecule has 0 amide bonds. The van der Waals surface area contributed by atoms with Crippen LogP contribution < -0.4 is 9.47 Å². The molecule has 0 saturated carbocycles. The molecule has 7 heteroatoms. The largest absolute Gasteiger partial charge is 0.573 e. The lowest BCUT2D eigenvalue weighted by molar-refractivity contribution is -0.274. The molecule has 0 bridgehead atoms.